The number of hydrogen-bond donors (Lipinski definition) is 1. The van der Waals surface area contributed by atoms with Crippen molar-refractivity contribution in [2.75, 3.05) is 30.9 Å². The predicted molar refractivity (Wildman–Crippen MR) is 137 cm³/mol. The third-order valence-electron chi connectivity index (χ3n) is 5.98. The van der Waals surface area contributed by atoms with Crippen molar-refractivity contribution in [3.05, 3.63) is 50.8 Å². The van der Waals surface area contributed by atoms with E-state index in [2.05, 4.69) is 4.74 Å². The molecule has 0 fully saturated rings. The molecule has 1 N–H and O–H groups in total. The maximum Gasteiger partial charge on any atom is 0.457 e. The van der Waals surface area contributed by atoms with Crippen molar-refractivity contribution in [2.24, 2.45) is 0 Å². The number of carbonyl (C=O) groups is 3. The Morgan fingerprint density at radius 2 is 1.50 bits per heavy atom. The molecular formula is C24H18F12IN3O4. The molecule has 0 saturated carbocycles. The Labute approximate surface area is 253 Å². The molecule has 0 radical (unpaired) electrons. The summed E-state index contributed by atoms with van der Waals surface area (Å²) in [4.78, 5) is 39.0. The van der Waals surface area contributed by atoms with Crippen LogP contribution in [0.3, 0.4) is 0 Å². The molecule has 0 spiro atoms. The molecule has 2 aromatic rings. The van der Waals surface area contributed by atoms with Crippen LogP contribution in [0, 0.1) is 9.39 Å². The predicted octanol–water partition coefficient (Wildman–Crippen LogP) is 6.65. The van der Waals surface area contributed by atoms with Crippen LogP contribution in [0.1, 0.15) is 22.8 Å². The highest BCUT2D eigenvalue weighted by molar-refractivity contribution is 14.1. The van der Waals surface area contributed by atoms with E-state index in [1.54, 1.807) is 5.32 Å². The first-order chi connectivity index (χ1) is 19.9. The Bertz CT molecular complexity index is 1430. The van der Waals surface area contributed by atoms with Gasteiger partial charge in [-0.2, -0.15) is 43.9 Å². The van der Waals surface area contributed by atoms with Crippen molar-refractivity contribution >= 4 is 51.7 Å². The Balaban J connectivity index is 2.67. The molecular weight excluding hydrogens is 749 g/mol. The smallest absolute Gasteiger partial charge is 0.433 e. The largest absolute Gasteiger partial charge is 0.457 e. The fraction of sp³-hybridized carbons (Fsp3) is 0.375. The van der Waals surface area contributed by atoms with Crippen molar-refractivity contribution in [1.29, 1.82) is 0 Å². The number of ether oxygens (including phenoxy) is 1. The summed E-state index contributed by atoms with van der Waals surface area (Å²) in [5.74, 6) is -14.2. The summed E-state index contributed by atoms with van der Waals surface area (Å²) in [6, 6.07) is 1.92. The van der Waals surface area contributed by atoms with Crippen molar-refractivity contribution in [3.63, 3.8) is 0 Å². The van der Waals surface area contributed by atoms with E-state index in [0.29, 0.717) is 4.90 Å². The summed E-state index contributed by atoms with van der Waals surface area (Å²) in [7, 11) is 2.22. The van der Waals surface area contributed by atoms with E-state index >= 15 is 4.39 Å². The number of carbonyl (C=O) groups excluding carboxylic acids is 3. The minimum Gasteiger partial charge on any atom is -0.433 e. The van der Waals surface area contributed by atoms with Gasteiger partial charge in [-0.3, -0.25) is 14.4 Å². The van der Waals surface area contributed by atoms with Gasteiger partial charge in [0.15, 0.2) is 11.6 Å². The van der Waals surface area contributed by atoms with Gasteiger partial charge in [0.05, 0.1) is 16.9 Å². The molecule has 1 atom stereocenters. The summed E-state index contributed by atoms with van der Waals surface area (Å²) in [6.07, 6.45) is -14.1. The molecule has 44 heavy (non-hydrogen) atoms. The molecule has 0 aromatic heterocycles. The van der Waals surface area contributed by atoms with Crippen LogP contribution >= 0.6 is 22.6 Å². The molecule has 1 unspecified atom stereocenters. The fourth-order valence-corrected chi connectivity index (χ4v) is 4.24. The summed E-state index contributed by atoms with van der Waals surface area (Å²) in [5, 5.41) is 1.74. The third-order valence-corrected chi connectivity index (χ3v) is 6.83. The lowest BCUT2D eigenvalue weighted by Gasteiger charge is -2.36. The van der Waals surface area contributed by atoms with Gasteiger partial charge in [-0.1, -0.05) is 6.07 Å². The van der Waals surface area contributed by atoms with E-state index in [9.17, 15) is 62.7 Å². The van der Waals surface area contributed by atoms with Gasteiger partial charge in [-0.25, -0.2) is 8.78 Å². The Morgan fingerprint density at radius 3 is 1.98 bits per heavy atom. The van der Waals surface area contributed by atoms with Crippen LogP contribution < -0.4 is 15.0 Å². The van der Waals surface area contributed by atoms with Crippen molar-refractivity contribution in [3.8, 4) is 5.75 Å². The number of likely N-dealkylation sites (N-methyl/N-ethyl adjacent to an activating group) is 2. The molecule has 0 aliphatic carbocycles. The fourth-order valence-electron chi connectivity index (χ4n) is 3.50. The number of amides is 3. The Morgan fingerprint density at radius 1 is 0.932 bits per heavy atom. The van der Waals surface area contributed by atoms with Crippen molar-refractivity contribution in [2.45, 2.75) is 37.5 Å². The van der Waals surface area contributed by atoms with Gasteiger partial charge in [0.2, 0.25) is 0 Å². The highest BCUT2D eigenvalue weighted by Crippen LogP contribution is 2.59. The molecule has 244 valence electrons. The van der Waals surface area contributed by atoms with Crippen LogP contribution in [0.4, 0.5) is 64.1 Å². The highest BCUT2D eigenvalue weighted by Gasteiger charge is 2.81. The standard InChI is InChI=1S/C24H18F12IN3O4/c1-4-39(2)18(42)19(43)40(3)13-7-5-6-11(15(13)25)17(41)38-16-12(37)8-10(9-14(16)44-20(26)27)21(28,23(31,32)33)22(29,30)24(34,35)36/h5-9,20H,4H2,1-3H3,(H,38,41). The van der Waals surface area contributed by atoms with E-state index in [0.717, 1.165) is 52.7 Å². The zero-order valence-electron chi connectivity index (χ0n) is 22.1. The molecule has 0 bridgehead atoms. The van der Waals surface area contributed by atoms with Crippen LogP contribution in [-0.2, 0) is 15.3 Å². The first-order valence-electron chi connectivity index (χ1n) is 11.6. The average molecular weight is 767 g/mol. The molecule has 20 heteroatoms. The second-order valence-electron chi connectivity index (χ2n) is 8.71. The normalized spacial score (nSPS) is 13.8. The van der Waals surface area contributed by atoms with E-state index < -0.39 is 92.0 Å². The van der Waals surface area contributed by atoms with Gasteiger partial charge >= 0.3 is 42.4 Å². The van der Waals surface area contributed by atoms with E-state index in [1.165, 1.54) is 14.0 Å². The van der Waals surface area contributed by atoms with Gasteiger partial charge < -0.3 is 19.9 Å². The minimum atomic E-state index is -7.14. The number of alkyl halides is 11. The summed E-state index contributed by atoms with van der Waals surface area (Å²) in [5.41, 5.74) is -11.8. The average Bonchev–Trinajstić information content (AvgIpc) is 2.90. The lowest BCUT2D eigenvalue weighted by molar-refractivity contribution is -0.389. The van der Waals surface area contributed by atoms with Crippen LogP contribution in [0.25, 0.3) is 0 Å². The molecule has 2 aromatic carbocycles. The number of anilines is 2. The third kappa shape index (κ3) is 6.77. The van der Waals surface area contributed by atoms with Crippen LogP contribution in [0.5, 0.6) is 5.75 Å². The first-order valence-corrected chi connectivity index (χ1v) is 12.6. The van der Waals surface area contributed by atoms with Crippen molar-refractivity contribution in [1.82, 2.24) is 4.90 Å². The summed E-state index contributed by atoms with van der Waals surface area (Å²) in [6.45, 7) is -2.39. The van der Waals surface area contributed by atoms with E-state index in [1.807, 2.05) is 0 Å². The van der Waals surface area contributed by atoms with Crippen LogP contribution in [0.15, 0.2) is 30.3 Å². The van der Waals surface area contributed by atoms with Gasteiger partial charge in [0, 0.05) is 29.8 Å². The zero-order valence-corrected chi connectivity index (χ0v) is 24.3. The maximum atomic E-state index is 15.3. The molecule has 3 amide bonds. The first kappa shape index (κ1) is 36.7. The Hall–Kier alpha value is -3.46. The van der Waals surface area contributed by atoms with Crippen LogP contribution in [-0.4, -0.2) is 68.1 Å². The molecule has 0 saturated heterocycles. The number of nitrogens with zero attached hydrogens (tertiary/aromatic N) is 2. The second kappa shape index (κ2) is 12.9. The number of nitrogens with one attached hydrogen (secondary N) is 1. The van der Waals surface area contributed by atoms with E-state index in [-0.39, 0.29) is 12.6 Å². The maximum absolute atomic E-state index is 15.3. The number of hydrogen-bond acceptors (Lipinski definition) is 4. The molecule has 0 heterocycles. The van der Waals surface area contributed by atoms with Crippen LogP contribution in [0.2, 0.25) is 0 Å². The zero-order chi connectivity index (χ0) is 34.2. The van der Waals surface area contributed by atoms with Gasteiger partial charge in [-0.15, -0.1) is 0 Å². The monoisotopic (exact) mass is 767 g/mol. The summed E-state index contributed by atoms with van der Waals surface area (Å²) >= 11 is 0.891. The molecule has 2 rings (SSSR count). The lowest BCUT2D eigenvalue weighted by atomic mass is 9.87. The van der Waals surface area contributed by atoms with Crippen molar-refractivity contribution < 1.29 is 71.8 Å². The Kier molecular flexibility index (Phi) is 10.7. The highest BCUT2D eigenvalue weighted by atomic mass is 127. The van der Waals surface area contributed by atoms with E-state index in [4.69, 9.17) is 0 Å². The second-order valence-corrected chi connectivity index (χ2v) is 9.88. The molecule has 0 aliphatic heterocycles. The van der Waals surface area contributed by atoms with Gasteiger partial charge in [0.25, 0.3) is 5.91 Å². The number of rotatable bonds is 8. The minimum absolute atomic E-state index is 0.0874. The quantitative estimate of drug-likeness (QED) is 0.186. The number of halogens is 13. The van der Waals surface area contributed by atoms with Gasteiger partial charge in [0.1, 0.15) is 0 Å². The molecule has 0 aliphatic rings. The molecule has 7 nitrogen and oxygen atoms in total. The summed E-state index contributed by atoms with van der Waals surface area (Å²) < 4.78 is 166. The van der Waals surface area contributed by atoms with Gasteiger partial charge in [-0.05, 0) is 53.8 Å². The lowest BCUT2D eigenvalue weighted by Crippen LogP contribution is -2.59. The SMILES string of the molecule is CCN(C)C(=O)C(=O)N(C)c1cccc(C(=O)Nc2c(I)cc(C(F)(C(F)(F)F)C(F)(F)C(F)(F)F)cc2OC(F)F)c1F. The topological polar surface area (TPSA) is 79.0 Å². The number of benzene rings is 2.